The van der Waals surface area contributed by atoms with Crippen LogP contribution in [0.4, 0.5) is 4.39 Å². The largest absolute Gasteiger partial charge is 0.484 e. The van der Waals surface area contributed by atoms with Crippen LogP contribution in [0, 0.1) is 11.7 Å². The third-order valence-electron chi connectivity index (χ3n) is 3.72. The number of hydrogen-bond acceptors (Lipinski definition) is 2. The molecule has 0 aliphatic carbocycles. The Morgan fingerprint density at radius 1 is 1.32 bits per heavy atom. The summed E-state index contributed by atoms with van der Waals surface area (Å²) >= 11 is 0. The van der Waals surface area contributed by atoms with Crippen LogP contribution in [0.3, 0.4) is 0 Å². The Hall–Kier alpha value is -1.58. The van der Waals surface area contributed by atoms with Gasteiger partial charge in [-0.3, -0.25) is 4.79 Å². The fraction of sp³-hybridized carbons (Fsp3) is 0.533. The normalized spacial score (nSPS) is 16.4. The lowest BCUT2D eigenvalue weighted by molar-refractivity contribution is -0.134. The van der Waals surface area contributed by atoms with Gasteiger partial charge in [-0.25, -0.2) is 4.39 Å². The van der Waals surface area contributed by atoms with Gasteiger partial charge in [0.1, 0.15) is 11.6 Å². The Morgan fingerprint density at radius 2 is 1.95 bits per heavy atom. The molecule has 1 aliphatic rings. The highest BCUT2D eigenvalue weighted by Crippen LogP contribution is 2.20. The molecule has 4 heteroatoms. The average Bonchev–Trinajstić information content (AvgIpc) is 2.46. The number of likely N-dealkylation sites (tertiary alicyclic amines) is 1. The van der Waals surface area contributed by atoms with Crippen molar-refractivity contribution in [1.82, 2.24) is 4.90 Å². The predicted molar refractivity (Wildman–Crippen MR) is 71.5 cm³/mol. The van der Waals surface area contributed by atoms with Crippen molar-refractivity contribution in [2.45, 2.75) is 26.2 Å². The number of carbonyl (C=O) groups is 1. The first-order chi connectivity index (χ1) is 9.19. The van der Waals surface area contributed by atoms with Crippen LogP contribution in [-0.4, -0.2) is 30.5 Å². The van der Waals surface area contributed by atoms with Gasteiger partial charge < -0.3 is 9.64 Å². The average molecular weight is 265 g/mol. The summed E-state index contributed by atoms with van der Waals surface area (Å²) in [6.45, 7) is 3.87. The number of piperidine rings is 1. The van der Waals surface area contributed by atoms with Gasteiger partial charge in [0.15, 0.2) is 6.61 Å². The molecule has 0 N–H and O–H groups in total. The van der Waals surface area contributed by atoms with Gasteiger partial charge in [0.25, 0.3) is 5.91 Å². The maximum atomic E-state index is 12.7. The van der Waals surface area contributed by atoms with E-state index in [4.69, 9.17) is 4.74 Å². The molecular formula is C15H20FNO2. The van der Waals surface area contributed by atoms with E-state index in [2.05, 4.69) is 6.92 Å². The van der Waals surface area contributed by atoms with Crippen molar-refractivity contribution in [1.29, 1.82) is 0 Å². The molecule has 104 valence electrons. The number of hydrogen-bond donors (Lipinski definition) is 0. The number of rotatable bonds is 4. The molecule has 1 heterocycles. The zero-order chi connectivity index (χ0) is 13.7. The first kappa shape index (κ1) is 13.8. The summed E-state index contributed by atoms with van der Waals surface area (Å²) < 4.78 is 18.1. The Morgan fingerprint density at radius 3 is 2.53 bits per heavy atom. The van der Waals surface area contributed by atoms with Gasteiger partial charge in [-0.05, 0) is 43.0 Å². The summed E-state index contributed by atoms with van der Waals surface area (Å²) in [4.78, 5) is 13.8. The summed E-state index contributed by atoms with van der Waals surface area (Å²) in [7, 11) is 0. The van der Waals surface area contributed by atoms with Crippen molar-refractivity contribution in [3.8, 4) is 5.75 Å². The van der Waals surface area contributed by atoms with Gasteiger partial charge in [-0.1, -0.05) is 13.3 Å². The fourth-order valence-corrected chi connectivity index (χ4v) is 2.36. The molecule has 1 aromatic carbocycles. The summed E-state index contributed by atoms with van der Waals surface area (Å²) in [6, 6.07) is 5.72. The van der Waals surface area contributed by atoms with Crippen molar-refractivity contribution < 1.29 is 13.9 Å². The number of ether oxygens (including phenoxy) is 1. The molecule has 19 heavy (non-hydrogen) atoms. The highest BCUT2D eigenvalue weighted by atomic mass is 19.1. The van der Waals surface area contributed by atoms with Gasteiger partial charge in [0, 0.05) is 13.1 Å². The van der Waals surface area contributed by atoms with Crippen molar-refractivity contribution >= 4 is 5.91 Å². The maximum absolute atomic E-state index is 12.7. The maximum Gasteiger partial charge on any atom is 0.260 e. The van der Waals surface area contributed by atoms with E-state index in [-0.39, 0.29) is 18.3 Å². The van der Waals surface area contributed by atoms with E-state index in [0.29, 0.717) is 5.75 Å². The summed E-state index contributed by atoms with van der Waals surface area (Å²) in [5.74, 6) is 0.986. The zero-order valence-corrected chi connectivity index (χ0v) is 11.3. The number of halogens is 1. The Bertz CT molecular complexity index is 411. The molecule has 0 bridgehead atoms. The molecule has 2 rings (SSSR count). The van der Waals surface area contributed by atoms with Gasteiger partial charge in [0.2, 0.25) is 0 Å². The van der Waals surface area contributed by atoms with Crippen molar-refractivity contribution in [2.75, 3.05) is 19.7 Å². The van der Waals surface area contributed by atoms with Crippen molar-refractivity contribution in [3.63, 3.8) is 0 Å². The van der Waals surface area contributed by atoms with Crippen LogP contribution < -0.4 is 4.74 Å². The quantitative estimate of drug-likeness (QED) is 0.837. The number of amides is 1. The summed E-state index contributed by atoms with van der Waals surface area (Å²) in [6.07, 6.45) is 3.35. The molecule has 0 radical (unpaired) electrons. The van der Waals surface area contributed by atoms with Gasteiger partial charge in [-0.2, -0.15) is 0 Å². The molecule has 0 aromatic heterocycles. The monoisotopic (exact) mass is 265 g/mol. The molecular weight excluding hydrogens is 245 g/mol. The third-order valence-corrected chi connectivity index (χ3v) is 3.72. The highest BCUT2D eigenvalue weighted by molar-refractivity contribution is 5.77. The van der Waals surface area contributed by atoms with Crippen molar-refractivity contribution in [3.05, 3.63) is 30.1 Å². The first-order valence-corrected chi connectivity index (χ1v) is 6.85. The van der Waals surface area contributed by atoms with Crippen LogP contribution in [0.15, 0.2) is 24.3 Å². The second kappa shape index (κ2) is 6.55. The van der Waals surface area contributed by atoms with Crippen LogP contribution in [0.1, 0.15) is 26.2 Å². The molecule has 0 saturated carbocycles. The SMILES string of the molecule is CCC1CCN(C(=O)COc2ccc(F)cc2)CC1. The zero-order valence-electron chi connectivity index (χ0n) is 11.3. The van der Waals surface area contributed by atoms with Gasteiger partial charge >= 0.3 is 0 Å². The Kier molecular flexibility index (Phi) is 4.77. The van der Waals surface area contributed by atoms with Crippen molar-refractivity contribution in [2.24, 2.45) is 5.92 Å². The van der Waals surface area contributed by atoms with Gasteiger partial charge in [-0.15, -0.1) is 0 Å². The molecule has 0 unspecified atom stereocenters. The van der Waals surface area contributed by atoms with E-state index in [9.17, 15) is 9.18 Å². The lowest BCUT2D eigenvalue weighted by atomic mass is 9.94. The van der Waals surface area contributed by atoms with Crippen LogP contribution in [0.2, 0.25) is 0 Å². The standard InChI is InChI=1S/C15H20FNO2/c1-2-12-7-9-17(10-8-12)15(18)11-19-14-5-3-13(16)4-6-14/h3-6,12H,2,7-11H2,1H3. The lowest BCUT2D eigenvalue weighted by Gasteiger charge is -2.31. The van der Waals surface area contributed by atoms with E-state index in [1.807, 2.05) is 4.90 Å². The van der Waals surface area contributed by atoms with Crippen LogP contribution in [-0.2, 0) is 4.79 Å². The lowest BCUT2D eigenvalue weighted by Crippen LogP contribution is -2.40. The molecule has 1 amide bonds. The Labute approximate surface area is 113 Å². The second-order valence-corrected chi connectivity index (χ2v) is 4.98. The Balaban J connectivity index is 1.77. The number of carbonyl (C=O) groups excluding carboxylic acids is 1. The molecule has 1 aliphatic heterocycles. The van der Waals surface area contributed by atoms with E-state index in [0.717, 1.165) is 31.8 Å². The fourth-order valence-electron chi connectivity index (χ4n) is 2.36. The van der Waals surface area contributed by atoms with E-state index < -0.39 is 0 Å². The second-order valence-electron chi connectivity index (χ2n) is 4.98. The van der Waals surface area contributed by atoms with Gasteiger partial charge in [0.05, 0.1) is 0 Å². The van der Waals surface area contributed by atoms with E-state index in [1.165, 1.54) is 30.7 Å². The topological polar surface area (TPSA) is 29.5 Å². The summed E-state index contributed by atoms with van der Waals surface area (Å²) in [5.41, 5.74) is 0. The van der Waals surface area contributed by atoms with E-state index >= 15 is 0 Å². The smallest absolute Gasteiger partial charge is 0.260 e. The number of benzene rings is 1. The van der Waals surface area contributed by atoms with Crippen LogP contribution in [0.5, 0.6) is 5.75 Å². The third kappa shape index (κ3) is 3.94. The number of nitrogens with zero attached hydrogens (tertiary/aromatic N) is 1. The molecule has 1 aromatic rings. The molecule has 3 nitrogen and oxygen atoms in total. The first-order valence-electron chi connectivity index (χ1n) is 6.85. The highest BCUT2D eigenvalue weighted by Gasteiger charge is 2.21. The predicted octanol–water partition coefficient (Wildman–Crippen LogP) is 2.85. The van der Waals surface area contributed by atoms with Crippen LogP contribution in [0.25, 0.3) is 0 Å². The minimum Gasteiger partial charge on any atom is -0.484 e. The van der Waals surface area contributed by atoms with E-state index in [1.54, 1.807) is 0 Å². The minimum absolute atomic E-state index is 0.0129. The molecule has 1 fully saturated rings. The molecule has 0 atom stereocenters. The molecule has 0 spiro atoms. The molecule has 1 saturated heterocycles. The van der Waals surface area contributed by atoms with Crippen LogP contribution >= 0.6 is 0 Å². The minimum atomic E-state index is -0.305. The summed E-state index contributed by atoms with van der Waals surface area (Å²) in [5, 5.41) is 0.